The molecule has 10 nitrogen and oxygen atoms in total. The average molecular weight is 387 g/mol. The molecule has 1 saturated heterocycles. The number of anilines is 1. The largest absolute Gasteiger partial charge is 0.481 e. The normalized spacial score (nSPS) is 19.1. The van der Waals surface area contributed by atoms with Crippen molar-refractivity contribution in [1.29, 1.82) is 0 Å². The van der Waals surface area contributed by atoms with E-state index in [0.717, 1.165) is 4.90 Å². The van der Waals surface area contributed by atoms with Crippen LogP contribution in [-0.2, 0) is 19.2 Å². The maximum atomic E-state index is 12.9. The van der Waals surface area contributed by atoms with Crippen molar-refractivity contribution in [3.63, 3.8) is 0 Å². The first-order valence-corrected chi connectivity index (χ1v) is 8.66. The molecule has 5 amide bonds. The number of aliphatic carboxylic acids is 1. The minimum atomic E-state index is -1.14. The third kappa shape index (κ3) is 3.61. The Balaban J connectivity index is 1.87. The van der Waals surface area contributed by atoms with Gasteiger partial charge in [0.25, 0.3) is 11.8 Å². The minimum Gasteiger partial charge on any atom is -0.481 e. The van der Waals surface area contributed by atoms with Gasteiger partial charge in [-0.25, -0.2) is 0 Å². The zero-order valence-electron chi connectivity index (χ0n) is 14.7. The van der Waals surface area contributed by atoms with Crippen LogP contribution in [0.25, 0.3) is 0 Å². The molecule has 3 N–H and O–H groups in total. The van der Waals surface area contributed by atoms with Gasteiger partial charge in [0.1, 0.15) is 6.04 Å². The summed E-state index contributed by atoms with van der Waals surface area (Å²) in [4.78, 5) is 72.8. The van der Waals surface area contributed by atoms with Gasteiger partial charge >= 0.3 is 5.97 Å². The van der Waals surface area contributed by atoms with E-state index in [4.69, 9.17) is 5.11 Å². The zero-order chi connectivity index (χ0) is 20.4. The molecular formula is C18H17N3O7. The Morgan fingerprint density at radius 1 is 1.14 bits per heavy atom. The van der Waals surface area contributed by atoms with Crippen LogP contribution in [0, 0.1) is 0 Å². The van der Waals surface area contributed by atoms with Gasteiger partial charge in [-0.05, 0) is 25.0 Å². The van der Waals surface area contributed by atoms with Crippen LogP contribution in [0.3, 0.4) is 0 Å². The van der Waals surface area contributed by atoms with Crippen LogP contribution < -0.4 is 10.6 Å². The van der Waals surface area contributed by atoms with E-state index in [1.54, 1.807) is 0 Å². The minimum absolute atomic E-state index is 0.0319. The predicted molar refractivity (Wildman–Crippen MR) is 93.2 cm³/mol. The van der Waals surface area contributed by atoms with E-state index in [-0.39, 0.29) is 42.5 Å². The van der Waals surface area contributed by atoms with Crippen molar-refractivity contribution in [3.05, 3.63) is 29.3 Å². The number of rotatable bonds is 5. The van der Waals surface area contributed by atoms with Crippen molar-refractivity contribution in [3.8, 4) is 0 Å². The number of imide groups is 2. The number of benzene rings is 1. The molecule has 0 bridgehead atoms. The van der Waals surface area contributed by atoms with Gasteiger partial charge in [0.05, 0.1) is 23.2 Å². The van der Waals surface area contributed by atoms with E-state index in [0.29, 0.717) is 6.42 Å². The predicted octanol–water partition coefficient (Wildman–Crippen LogP) is 0.281. The van der Waals surface area contributed by atoms with Crippen LogP contribution in [0.2, 0.25) is 0 Å². The van der Waals surface area contributed by atoms with Gasteiger partial charge < -0.3 is 10.4 Å². The van der Waals surface area contributed by atoms with Gasteiger partial charge in [-0.1, -0.05) is 6.07 Å². The van der Waals surface area contributed by atoms with Crippen LogP contribution in [0.4, 0.5) is 5.69 Å². The molecule has 1 aromatic carbocycles. The van der Waals surface area contributed by atoms with E-state index in [2.05, 4.69) is 10.6 Å². The van der Waals surface area contributed by atoms with Gasteiger partial charge in [-0.15, -0.1) is 0 Å². The lowest BCUT2D eigenvalue weighted by molar-refractivity contribution is -0.138. The highest BCUT2D eigenvalue weighted by Crippen LogP contribution is 2.32. The SMILES string of the molecule is O=C(O)CCC(=O)Nc1cccc2c1C(=O)N([C@H]1CCCC(=O)NC1=O)C2=O. The summed E-state index contributed by atoms with van der Waals surface area (Å²) in [5, 5.41) is 13.3. The fraction of sp³-hybridized carbons (Fsp3) is 0.333. The maximum Gasteiger partial charge on any atom is 0.303 e. The van der Waals surface area contributed by atoms with Crippen molar-refractivity contribution >= 4 is 41.2 Å². The molecule has 1 aromatic rings. The monoisotopic (exact) mass is 387 g/mol. The maximum absolute atomic E-state index is 12.9. The molecule has 1 atom stereocenters. The summed E-state index contributed by atoms with van der Waals surface area (Å²) in [6.07, 6.45) is -0.0534. The lowest BCUT2D eigenvalue weighted by Crippen LogP contribution is -2.49. The van der Waals surface area contributed by atoms with Gasteiger partial charge in [0.2, 0.25) is 17.7 Å². The van der Waals surface area contributed by atoms with Crippen LogP contribution in [-0.4, -0.2) is 51.6 Å². The Labute approximate surface area is 158 Å². The van der Waals surface area contributed by atoms with Gasteiger partial charge in [0, 0.05) is 12.8 Å². The second-order valence-corrected chi connectivity index (χ2v) is 6.47. The Morgan fingerprint density at radius 2 is 1.89 bits per heavy atom. The quantitative estimate of drug-likeness (QED) is 0.614. The molecule has 146 valence electrons. The van der Waals surface area contributed by atoms with Gasteiger partial charge in [0.15, 0.2) is 0 Å². The number of fused-ring (bicyclic) bond motifs is 1. The molecule has 0 saturated carbocycles. The highest BCUT2D eigenvalue weighted by Gasteiger charge is 2.44. The number of hydrogen-bond donors (Lipinski definition) is 3. The number of nitrogens with one attached hydrogen (secondary N) is 2. The number of carbonyl (C=O) groups is 6. The topological polar surface area (TPSA) is 150 Å². The Morgan fingerprint density at radius 3 is 2.61 bits per heavy atom. The Kier molecular flexibility index (Phi) is 5.21. The summed E-state index contributed by atoms with van der Waals surface area (Å²) in [5.41, 5.74) is 0.0443. The summed E-state index contributed by atoms with van der Waals surface area (Å²) in [6.45, 7) is 0. The molecular weight excluding hydrogens is 370 g/mol. The fourth-order valence-corrected chi connectivity index (χ4v) is 3.24. The molecule has 0 unspecified atom stereocenters. The molecule has 2 aliphatic heterocycles. The molecule has 0 spiro atoms. The second kappa shape index (κ2) is 7.59. The fourth-order valence-electron chi connectivity index (χ4n) is 3.24. The summed E-state index contributed by atoms with van der Waals surface area (Å²) in [5.74, 6) is -4.37. The smallest absolute Gasteiger partial charge is 0.303 e. The highest BCUT2D eigenvalue weighted by molar-refractivity contribution is 6.26. The first-order valence-electron chi connectivity index (χ1n) is 8.66. The number of amides is 5. The van der Waals surface area contributed by atoms with Crippen LogP contribution >= 0.6 is 0 Å². The summed E-state index contributed by atoms with van der Waals surface area (Å²) >= 11 is 0. The number of carboxylic acid groups (broad SMARTS) is 1. The molecule has 3 rings (SSSR count). The Hall–Kier alpha value is -3.56. The number of carbonyl (C=O) groups excluding carboxylic acids is 5. The van der Waals surface area contributed by atoms with Crippen molar-refractivity contribution in [2.75, 3.05) is 5.32 Å². The van der Waals surface area contributed by atoms with Crippen molar-refractivity contribution in [1.82, 2.24) is 10.2 Å². The molecule has 0 aliphatic carbocycles. The summed E-state index contributed by atoms with van der Waals surface area (Å²) in [7, 11) is 0. The van der Waals surface area contributed by atoms with Gasteiger partial charge in [-0.3, -0.25) is 39.0 Å². The first-order chi connectivity index (χ1) is 13.3. The summed E-state index contributed by atoms with van der Waals surface area (Å²) in [6, 6.07) is 3.18. The van der Waals surface area contributed by atoms with Crippen molar-refractivity contribution in [2.45, 2.75) is 38.1 Å². The lowest BCUT2D eigenvalue weighted by Gasteiger charge is -2.23. The van der Waals surface area contributed by atoms with E-state index < -0.39 is 41.5 Å². The molecule has 2 aliphatic rings. The average Bonchev–Trinajstić information content (AvgIpc) is 2.77. The highest BCUT2D eigenvalue weighted by atomic mass is 16.4. The van der Waals surface area contributed by atoms with E-state index in [1.807, 2.05) is 0 Å². The zero-order valence-corrected chi connectivity index (χ0v) is 14.7. The van der Waals surface area contributed by atoms with E-state index in [9.17, 15) is 28.8 Å². The molecule has 2 heterocycles. The van der Waals surface area contributed by atoms with Crippen LogP contribution in [0.1, 0.15) is 52.8 Å². The first kappa shape index (κ1) is 19.2. The lowest BCUT2D eigenvalue weighted by atomic mass is 10.1. The van der Waals surface area contributed by atoms with Crippen molar-refractivity contribution < 1.29 is 33.9 Å². The number of nitrogens with zero attached hydrogens (tertiary/aromatic N) is 1. The standard InChI is InChI=1S/C18H17N3O7/c22-12-6-2-5-11(16(26)20-12)21-17(27)9-3-1-4-10(15(9)18(21)28)19-13(23)7-8-14(24)25/h1,3-4,11H,2,5-8H2,(H,19,23)(H,24,25)(H,20,22,26)/t11-/m0/s1. The van der Waals surface area contributed by atoms with E-state index in [1.165, 1.54) is 18.2 Å². The van der Waals surface area contributed by atoms with E-state index >= 15 is 0 Å². The van der Waals surface area contributed by atoms with Gasteiger partial charge in [-0.2, -0.15) is 0 Å². The third-order valence-electron chi connectivity index (χ3n) is 4.54. The van der Waals surface area contributed by atoms with Crippen LogP contribution in [0.5, 0.6) is 0 Å². The molecule has 10 heteroatoms. The van der Waals surface area contributed by atoms with Crippen molar-refractivity contribution in [2.24, 2.45) is 0 Å². The molecule has 1 fully saturated rings. The number of hydrogen-bond acceptors (Lipinski definition) is 6. The Bertz CT molecular complexity index is 908. The van der Waals surface area contributed by atoms with Crippen LogP contribution in [0.15, 0.2) is 18.2 Å². The summed E-state index contributed by atoms with van der Waals surface area (Å²) < 4.78 is 0. The third-order valence-corrected chi connectivity index (χ3v) is 4.54. The molecule has 0 aromatic heterocycles. The molecule has 28 heavy (non-hydrogen) atoms. The number of carboxylic acids is 1. The molecule has 0 radical (unpaired) electrons. The second-order valence-electron chi connectivity index (χ2n) is 6.47.